The second-order valence-electron chi connectivity index (χ2n) is 9.62. The van der Waals surface area contributed by atoms with Gasteiger partial charge < -0.3 is 20.2 Å². The van der Waals surface area contributed by atoms with Crippen LogP contribution in [0.25, 0.3) is 22.5 Å². The number of anilines is 2. The first kappa shape index (κ1) is 23.3. The van der Waals surface area contributed by atoms with Crippen LogP contribution in [0, 0.1) is 6.92 Å². The molecule has 0 aliphatic heterocycles. The molecule has 1 aliphatic carbocycles. The van der Waals surface area contributed by atoms with Gasteiger partial charge in [0.1, 0.15) is 12.2 Å². The molecule has 0 saturated heterocycles. The van der Waals surface area contributed by atoms with Gasteiger partial charge in [0.2, 0.25) is 0 Å². The number of fused-ring (bicyclic) bond motifs is 1. The number of aliphatic hydroxyl groups is 1. The Hall–Kier alpha value is -2.88. The Morgan fingerprint density at radius 1 is 1.12 bits per heavy atom. The molecule has 3 aromatic rings. The first-order valence-electron chi connectivity index (χ1n) is 11.0. The summed E-state index contributed by atoms with van der Waals surface area (Å²) in [4.78, 5) is 4.76. The molecular formula is C23H28F3N5O2. The minimum Gasteiger partial charge on any atom is -0.402 e. The molecule has 1 saturated carbocycles. The van der Waals surface area contributed by atoms with E-state index in [9.17, 15) is 18.3 Å². The van der Waals surface area contributed by atoms with E-state index >= 15 is 0 Å². The molecule has 0 bridgehead atoms. The zero-order chi connectivity index (χ0) is 24.0. The van der Waals surface area contributed by atoms with Gasteiger partial charge in [0.15, 0.2) is 0 Å². The number of aryl methyl sites for hydroxylation is 1. The van der Waals surface area contributed by atoms with Crippen LogP contribution >= 0.6 is 0 Å². The first-order chi connectivity index (χ1) is 15.4. The van der Waals surface area contributed by atoms with Crippen LogP contribution < -0.4 is 10.6 Å². The molecule has 2 atom stereocenters. The third kappa shape index (κ3) is 5.21. The van der Waals surface area contributed by atoms with Crippen LogP contribution in [-0.2, 0) is 5.41 Å². The van der Waals surface area contributed by atoms with E-state index in [4.69, 9.17) is 9.40 Å². The van der Waals surface area contributed by atoms with Crippen LogP contribution in [-0.4, -0.2) is 45.2 Å². The van der Waals surface area contributed by atoms with Gasteiger partial charge in [-0.2, -0.15) is 13.2 Å². The largest absolute Gasteiger partial charge is 0.405 e. The number of aliphatic hydroxyl groups excluding tert-OH is 1. The molecule has 0 unspecified atom stereocenters. The summed E-state index contributed by atoms with van der Waals surface area (Å²) in [5.74, 6) is 0.231. The van der Waals surface area contributed by atoms with E-state index in [1.165, 1.54) is 0 Å². The molecule has 10 heteroatoms. The van der Waals surface area contributed by atoms with Crippen LogP contribution in [0.3, 0.4) is 0 Å². The minimum absolute atomic E-state index is 0.125. The molecule has 0 spiro atoms. The van der Waals surface area contributed by atoms with Gasteiger partial charge in [-0.3, -0.25) is 0 Å². The highest BCUT2D eigenvalue weighted by molar-refractivity contribution is 5.90. The summed E-state index contributed by atoms with van der Waals surface area (Å²) < 4.78 is 44.0. The smallest absolute Gasteiger partial charge is 0.402 e. The fourth-order valence-corrected chi connectivity index (χ4v) is 4.13. The molecule has 0 radical (unpaired) electrons. The third-order valence-corrected chi connectivity index (χ3v) is 5.85. The maximum Gasteiger partial charge on any atom is 0.405 e. The monoisotopic (exact) mass is 463 g/mol. The fraction of sp³-hybridized carbons (Fsp3) is 0.522. The van der Waals surface area contributed by atoms with Crippen molar-refractivity contribution >= 4 is 22.6 Å². The second-order valence-corrected chi connectivity index (χ2v) is 9.62. The van der Waals surface area contributed by atoms with Gasteiger partial charge in [-0.1, -0.05) is 25.9 Å². The lowest BCUT2D eigenvalue weighted by Gasteiger charge is -2.23. The van der Waals surface area contributed by atoms with Crippen molar-refractivity contribution in [3.8, 4) is 11.6 Å². The third-order valence-electron chi connectivity index (χ3n) is 5.85. The molecule has 2 heterocycles. The Balaban J connectivity index is 1.71. The number of hydrogen-bond donors (Lipinski definition) is 3. The van der Waals surface area contributed by atoms with Crippen molar-refractivity contribution in [2.45, 2.75) is 70.7 Å². The van der Waals surface area contributed by atoms with E-state index in [-0.39, 0.29) is 23.4 Å². The van der Waals surface area contributed by atoms with Crippen molar-refractivity contribution in [2.75, 3.05) is 17.2 Å². The SMILES string of the molecule is Cc1cc(-c2nnc(N[C@H]3CCC[C@H]3O)o2)nc2c(C(C)(C)C)cc(NCC(F)(F)F)cc12. The van der Waals surface area contributed by atoms with E-state index in [0.717, 1.165) is 35.8 Å². The normalized spacial score (nSPS) is 19.3. The lowest BCUT2D eigenvalue weighted by Crippen LogP contribution is -2.27. The molecule has 33 heavy (non-hydrogen) atoms. The highest BCUT2D eigenvalue weighted by Gasteiger charge is 2.28. The Bertz CT molecular complexity index is 1150. The Morgan fingerprint density at radius 2 is 1.88 bits per heavy atom. The molecule has 1 aromatic carbocycles. The summed E-state index contributed by atoms with van der Waals surface area (Å²) in [5.41, 5.74) is 2.81. The van der Waals surface area contributed by atoms with Crippen molar-refractivity contribution in [1.82, 2.24) is 15.2 Å². The summed E-state index contributed by atoms with van der Waals surface area (Å²) in [7, 11) is 0. The summed E-state index contributed by atoms with van der Waals surface area (Å²) in [6.07, 6.45) is -2.27. The van der Waals surface area contributed by atoms with Crippen molar-refractivity contribution < 1.29 is 22.7 Å². The highest BCUT2D eigenvalue weighted by atomic mass is 19.4. The molecule has 3 N–H and O–H groups in total. The fourth-order valence-electron chi connectivity index (χ4n) is 4.13. The number of nitrogens with one attached hydrogen (secondary N) is 2. The molecule has 1 fully saturated rings. The minimum atomic E-state index is -4.31. The Morgan fingerprint density at radius 3 is 2.52 bits per heavy atom. The van der Waals surface area contributed by atoms with Crippen LogP contribution in [0.2, 0.25) is 0 Å². The molecule has 4 rings (SSSR count). The molecule has 1 aliphatic rings. The quantitative estimate of drug-likeness (QED) is 0.479. The number of benzene rings is 1. The van der Waals surface area contributed by atoms with Crippen LogP contribution in [0.4, 0.5) is 24.9 Å². The van der Waals surface area contributed by atoms with Gasteiger partial charge in [0, 0.05) is 11.1 Å². The Kier molecular flexibility index (Phi) is 5.98. The number of pyridine rings is 1. The van der Waals surface area contributed by atoms with Crippen molar-refractivity contribution in [3.63, 3.8) is 0 Å². The van der Waals surface area contributed by atoms with E-state index in [2.05, 4.69) is 20.8 Å². The lowest BCUT2D eigenvalue weighted by atomic mass is 9.84. The molecule has 178 valence electrons. The molecule has 2 aromatic heterocycles. The number of aromatic nitrogens is 3. The van der Waals surface area contributed by atoms with Gasteiger partial charge >= 0.3 is 12.2 Å². The average Bonchev–Trinajstić information content (AvgIpc) is 3.34. The topological polar surface area (TPSA) is 96.1 Å². The van der Waals surface area contributed by atoms with Gasteiger partial charge in [-0.05, 0) is 60.9 Å². The van der Waals surface area contributed by atoms with Gasteiger partial charge in [0.05, 0.1) is 17.7 Å². The number of hydrogen-bond acceptors (Lipinski definition) is 7. The molecule has 7 nitrogen and oxygen atoms in total. The summed E-state index contributed by atoms with van der Waals surface area (Å²) >= 11 is 0. The van der Waals surface area contributed by atoms with Crippen LogP contribution in [0.1, 0.15) is 51.2 Å². The van der Waals surface area contributed by atoms with E-state index in [1.54, 1.807) is 18.2 Å². The summed E-state index contributed by atoms with van der Waals surface area (Å²) in [6, 6.07) is 5.28. The predicted octanol–water partition coefficient (Wildman–Crippen LogP) is 5.19. The number of halogens is 3. The van der Waals surface area contributed by atoms with Crippen molar-refractivity contribution in [3.05, 3.63) is 29.3 Å². The van der Waals surface area contributed by atoms with Gasteiger partial charge in [0.25, 0.3) is 5.89 Å². The van der Waals surface area contributed by atoms with Crippen molar-refractivity contribution in [2.24, 2.45) is 0 Å². The highest BCUT2D eigenvalue weighted by Crippen LogP contribution is 2.35. The number of rotatable bonds is 5. The molecular weight excluding hydrogens is 435 g/mol. The zero-order valence-electron chi connectivity index (χ0n) is 19.0. The first-order valence-corrected chi connectivity index (χ1v) is 11.0. The predicted molar refractivity (Wildman–Crippen MR) is 120 cm³/mol. The van der Waals surface area contributed by atoms with E-state index < -0.39 is 18.8 Å². The second kappa shape index (κ2) is 8.48. The zero-order valence-corrected chi connectivity index (χ0v) is 19.0. The standard InChI is InChI=1S/C23H28F3N5O2/c1-12-8-17(20-30-31-21(33-20)29-16-6-5-7-18(16)32)28-19-14(12)9-13(27-11-23(24,25)26)10-15(19)22(2,3)4/h8-10,16,18,27,32H,5-7,11H2,1-4H3,(H,29,31)/t16-,18+/m0/s1. The average molecular weight is 464 g/mol. The summed E-state index contributed by atoms with van der Waals surface area (Å²) in [6.45, 7) is 6.72. The number of alkyl halides is 3. The van der Waals surface area contributed by atoms with Crippen LogP contribution in [0.15, 0.2) is 22.6 Å². The lowest BCUT2D eigenvalue weighted by molar-refractivity contribution is -0.115. The van der Waals surface area contributed by atoms with Gasteiger partial charge in [-0.15, -0.1) is 5.10 Å². The van der Waals surface area contributed by atoms with Crippen LogP contribution in [0.5, 0.6) is 0 Å². The maximum absolute atomic E-state index is 12.7. The van der Waals surface area contributed by atoms with E-state index in [0.29, 0.717) is 16.9 Å². The van der Waals surface area contributed by atoms with E-state index in [1.807, 2.05) is 27.7 Å². The Labute approximate surface area is 189 Å². The van der Waals surface area contributed by atoms with Gasteiger partial charge in [-0.25, -0.2) is 4.98 Å². The molecule has 0 amide bonds. The summed E-state index contributed by atoms with van der Waals surface area (Å²) in [5, 5.41) is 24.5. The maximum atomic E-state index is 12.7. The van der Waals surface area contributed by atoms with Crippen molar-refractivity contribution in [1.29, 1.82) is 0 Å². The number of nitrogens with zero attached hydrogens (tertiary/aromatic N) is 3.